The highest BCUT2D eigenvalue weighted by molar-refractivity contribution is 6.23. The average Bonchev–Trinajstić information content (AvgIpc) is 3.19. The number of amides is 2. The molecule has 1 fully saturated rings. The van der Waals surface area contributed by atoms with Crippen LogP contribution in [0.25, 0.3) is 0 Å². The number of hydrogen-bond donors (Lipinski definition) is 2. The molecule has 1 heterocycles. The maximum atomic E-state index is 13.8. The number of allylic oxidation sites excluding steroid dienone is 6. The Balaban J connectivity index is 1.39. The fraction of sp³-hybridized carbons (Fsp3) is 0.312. The summed E-state index contributed by atoms with van der Waals surface area (Å²) in [6, 6.07) is 11.5. The van der Waals surface area contributed by atoms with Crippen molar-refractivity contribution in [3.63, 3.8) is 0 Å². The van der Waals surface area contributed by atoms with Crippen molar-refractivity contribution in [2.45, 2.75) is 32.1 Å². The van der Waals surface area contributed by atoms with Crippen molar-refractivity contribution in [1.29, 1.82) is 0 Å². The van der Waals surface area contributed by atoms with Crippen LogP contribution in [-0.2, 0) is 25.6 Å². The molecule has 0 spiro atoms. The number of hydrogen-bond acceptors (Lipinski definition) is 7. The Morgan fingerprint density at radius 1 is 0.975 bits per heavy atom. The molecule has 4 unspecified atom stereocenters. The molecule has 204 valence electrons. The van der Waals surface area contributed by atoms with Crippen molar-refractivity contribution in [3.05, 3.63) is 88.0 Å². The highest BCUT2D eigenvalue weighted by atomic mass is 16.5. The van der Waals surface area contributed by atoms with E-state index < -0.39 is 23.7 Å². The van der Waals surface area contributed by atoms with E-state index in [1.807, 2.05) is 6.08 Å². The minimum absolute atomic E-state index is 0.0477. The number of carbonyl (C=O) groups is 4. The van der Waals surface area contributed by atoms with Crippen molar-refractivity contribution in [3.8, 4) is 17.2 Å². The molecule has 1 aliphatic heterocycles. The predicted octanol–water partition coefficient (Wildman–Crippen LogP) is 3.78. The number of carbonyl (C=O) groups excluding carboxylic acids is 4. The summed E-state index contributed by atoms with van der Waals surface area (Å²) in [5, 5.41) is 19.8. The third kappa shape index (κ3) is 3.97. The zero-order valence-corrected chi connectivity index (χ0v) is 22.2. The minimum atomic E-state index is -0.627. The Morgan fingerprint density at radius 3 is 2.45 bits per heavy atom. The number of aromatic hydroxyl groups is 2. The number of methoxy groups -OCH3 is 1. The lowest BCUT2D eigenvalue weighted by Gasteiger charge is -2.42. The third-order valence-corrected chi connectivity index (χ3v) is 8.75. The summed E-state index contributed by atoms with van der Waals surface area (Å²) in [5.41, 5.74) is 3.57. The van der Waals surface area contributed by atoms with Gasteiger partial charge in [0.2, 0.25) is 11.8 Å². The van der Waals surface area contributed by atoms with Gasteiger partial charge < -0.3 is 14.9 Å². The zero-order chi connectivity index (χ0) is 28.3. The Hall–Kier alpha value is -4.46. The van der Waals surface area contributed by atoms with Crippen molar-refractivity contribution in [2.75, 3.05) is 13.7 Å². The van der Waals surface area contributed by atoms with Crippen LogP contribution < -0.4 is 4.74 Å². The van der Waals surface area contributed by atoms with Crippen LogP contribution in [0.3, 0.4) is 0 Å². The molecule has 3 aliphatic carbocycles. The second kappa shape index (κ2) is 9.62. The number of benzene rings is 2. The smallest absolute Gasteiger partial charge is 0.233 e. The first-order valence-corrected chi connectivity index (χ1v) is 13.4. The van der Waals surface area contributed by atoms with E-state index >= 15 is 0 Å². The summed E-state index contributed by atoms with van der Waals surface area (Å²) in [6.07, 6.45) is 4.37. The van der Waals surface area contributed by atoms with E-state index in [1.165, 1.54) is 24.2 Å². The third-order valence-electron chi connectivity index (χ3n) is 8.75. The first kappa shape index (κ1) is 25.8. The van der Waals surface area contributed by atoms with Crippen LogP contribution in [0.2, 0.25) is 0 Å². The number of phenols is 2. The summed E-state index contributed by atoms with van der Waals surface area (Å²) in [7, 11) is 1.44. The van der Waals surface area contributed by atoms with Crippen LogP contribution in [0, 0.1) is 17.8 Å². The van der Waals surface area contributed by atoms with E-state index in [0.29, 0.717) is 35.1 Å². The van der Waals surface area contributed by atoms with Crippen LogP contribution in [0.5, 0.6) is 17.2 Å². The van der Waals surface area contributed by atoms with E-state index in [0.717, 1.165) is 11.1 Å². The largest absolute Gasteiger partial charge is 0.508 e. The lowest BCUT2D eigenvalue weighted by Crippen LogP contribution is -2.40. The maximum Gasteiger partial charge on any atom is 0.233 e. The molecular formula is C32H29NO7. The Bertz CT molecular complexity index is 1560. The number of fused-ring (bicyclic) bond motifs is 3. The summed E-state index contributed by atoms with van der Waals surface area (Å²) < 4.78 is 5.33. The maximum absolute atomic E-state index is 13.8. The van der Waals surface area contributed by atoms with Gasteiger partial charge >= 0.3 is 0 Å². The van der Waals surface area contributed by atoms with E-state index in [4.69, 9.17) is 4.74 Å². The second-order valence-corrected chi connectivity index (χ2v) is 10.9. The van der Waals surface area contributed by atoms with E-state index in [1.54, 1.807) is 43.3 Å². The summed E-state index contributed by atoms with van der Waals surface area (Å²) in [5.74, 6) is -2.75. The summed E-state index contributed by atoms with van der Waals surface area (Å²) >= 11 is 0. The van der Waals surface area contributed by atoms with Gasteiger partial charge in [0.05, 0.1) is 18.9 Å². The number of imide groups is 1. The second-order valence-electron chi connectivity index (χ2n) is 10.9. The lowest BCUT2D eigenvalue weighted by atomic mass is 9.59. The van der Waals surface area contributed by atoms with Crippen molar-refractivity contribution in [2.24, 2.45) is 17.8 Å². The number of Topliss-reactive ketones (excluding diaryl/α,β-unsaturated/α-hetero) is 1. The summed E-state index contributed by atoms with van der Waals surface area (Å²) in [4.78, 5) is 55.4. The normalized spacial score (nSPS) is 25.8. The highest BCUT2D eigenvalue weighted by Crippen LogP contribution is 2.55. The molecule has 0 bridgehead atoms. The minimum Gasteiger partial charge on any atom is -0.508 e. The molecular weight excluding hydrogens is 510 g/mol. The van der Waals surface area contributed by atoms with Gasteiger partial charge in [-0.3, -0.25) is 24.1 Å². The fourth-order valence-electron chi connectivity index (χ4n) is 6.80. The number of phenolic OH excluding ortho intramolecular Hbond substituents is 2. The van der Waals surface area contributed by atoms with Crippen LogP contribution in [-0.4, -0.2) is 52.1 Å². The van der Waals surface area contributed by atoms with Crippen molar-refractivity contribution in [1.82, 2.24) is 4.90 Å². The number of likely N-dealkylation sites (tertiary alicyclic amines) is 1. The van der Waals surface area contributed by atoms with Gasteiger partial charge in [0.25, 0.3) is 0 Å². The lowest BCUT2D eigenvalue weighted by molar-refractivity contribution is -0.140. The molecule has 8 heteroatoms. The molecule has 1 saturated heterocycles. The topological polar surface area (TPSA) is 121 Å². The van der Waals surface area contributed by atoms with E-state index in [2.05, 4.69) is 0 Å². The molecule has 40 heavy (non-hydrogen) atoms. The number of nitrogens with zero attached hydrogens (tertiary/aromatic N) is 1. The Kier molecular flexibility index (Phi) is 6.21. The van der Waals surface area contributed by atoms with Crippen LogP contribution in [0.1, 0.15) is 36.8 Å². The summed E-state index contributed by atoms with van der Waals surface area (Å²) in [6.45, 7) is 1.85. The van der Waals surface area contributed by atoms with Crippen LogP contribution in [0.15, 0.2) is 76.9 Å². The van der Waals surface area contributed by atoms with Gasteiger partial charge in [0.1, 0.15) is 5.75 Å². The molecule has 8 nitrogen and oxygen atoms in total. The van der Waals surface area contributed by atoms with Gasteiger partial charge in [-0.2, -0.15) is 0 Å². The Morgan fingerprint density at radius 2 is 1.73 bits per heavy atom. The van der Waals surface area contributed by atoms with E-state index in [9.17, 15) is 29.4 Å². The molecule has 0 saturated carbocycles. The van der Waals surface area contributed by atoms with Gasteiger partial charge in [-0.15, -0.1) is 0 Å². The number of ketones is 2. The standard InChI is InChI=1S/C32H29NO7/c1-16-13-25(36)23-15-22-20(27(29(23)30(16)37)18-5-10-24(35)26(14-18)40-2)8-9-21-28(22)32(39)33(31(21)38)12-11-17-3-6-19(34)7-4-17/h3-8,10,13-14,21-22,27-28,34-35H,9,11-12,15H2,1-2H3. The highest BCUT2D eigenvalue weighted by Gasteiger charge is 2.56. The average molecular weight is 540 g/mol. The van der Waals surface area contributed by atoms with Gasteiger partial charge in [-0.05, 0) is 73.6 Å². The predicted molar refractivity (Wildman–Crippen MR) is 145 cm³/mol. The van der Waals surface area contributed by atoms with Gasteiger partial charge in [-0.1, -0.05) is 29.8 Å². The zero-order valence-electron chi connectivity index (χ0n) is 22.2. The molecule has 4 aliphatic rings. The van der Waals surface area contributed by atoms with Gasteiger partial charge in [-0.25, -0.2) is 0 Å². The van der Waals surface area contributed by atoms with Crippen molar-refractivity contribution >= 4 is 23.4 Å². The molecule has 2 N–H and O–H groups in total. The first-order valence-electron chi connectivity index (χ1n) is 13.4. The molecule has 2 aromatic carbocycles. The van der Waals surface area contributed by atoms with Crippen LogP contribution in [0.4, 0.5) is 0 Å². The molecule has 6 rings (SSSR count). The molecule has 2 amide bonds. The molecule has 0 radical (unpaired) electrons. The molecule has 0 aromatic heterocycles. The molecule has 2 aromatic rings. The number of ether oxygens (including phenoxy) is 1. The number of rotatable bonds is 5. The SMILES string of the molecule is COc1cc(C2C3=CCC4C(=O)N(CCc5ccc(O)cc5)C(=O)C4C3CC3=C2C(=O)C(C)=CC3=O)ccc1O. The Labute approximate surface area is 231 Å². The van der Waals surface area contributed by atoms with Crippen molar-refractivity contribution < 1.29 is 34.1 Å². The van der Waals surface area contributed by atoms with Gasteiger partial charge in [0.15, 0.2) is 23.1 Å². The monoisotopic (exact) mass is 539 g/mol. The molecule has 4 atom stereocenters. The quantitative estimate of drug-likeness (QED) is 0.337. The van der Waals surface area contributed by atoms with Crippen LogP contribution >= 0.6 is 0 Å². The fourth-order valence-corrected chi connectivity index (χ4v) is 6.80. The first-order chi connectivity index (χ1) is 19.2. The van der Waals surface area contributed by atoms with E-state index in [-0.39, 0.29) is 53.6 Å². The van der Waals surface area contributed by atoms with Gasteiger partial charge in [0, 0.05) is 29.2 Å².